The second-order valence-corrected chi connectivity index (χ2v) is 12.3. The highest BCUT2D eigenvalue weighted by Gasteiger charge is 2.34. The Morgan fingerprint density at radius 3 is 2.00 bits per heavy atom. The van der Waals surface area contributed by atoms with Gasteiger partial charge in [0.15, 0.2) is 0 Å². The van der Waals surface area contributed by atoms with E-state index in [1.165, 1.54) is 13.3 Å². The number of carbonyl (C=O) groups is 5. The molecule has 7 atom stereocenters. The van der Waals surface area contributed by atoms with Gasteiger partial charge in [-0.3, -0.25) is 19.2 Å². The standard InChI is InChI=1S/C30H53N9O7S/c1-5-17(2)24(30(45)46)38-29(44)25(18(3)40)39-28(43)23(11-7-9-13-34-19(4)47)37-27(42)22(10-6-8-12-31)36-26(41)21(32)14-20-15-33-16-35-20/h15-18,21-25,40H,5-14,31-32H2,1-4H3,(H,33,35)(H,34,47)(H,36,41)(H,37,42)(H,38,44)(H,39,43)(H,45,46)/t17-,18+,21-,22-,23-,24-,25-/m0/s1. The first kappa shape index (κ1) is 41.4. The Balaban J connectivity index is 3.16. The Morgan fingerprint density at radius 1 is 0.915 bits per heavy atom. The van der Waals surface area contributed by atoms with Crippen LogP contribution in [0.15, 0.2) is 12.5 Å². The van der Waals surface area contributed by atoms with E-state index in [1.54, 1.807) is 27.0 Å². The van der Waals surface area contributed by atoms with Gasteiger partial charge in [-0.25, -0.2) is 9.78 Å². The Kier molecular flexibility index (Phi) is 19.4. The quantitative estimate of drug-likeness (QED) is 0.0490. The molecule has 17 heteroatoms. The number of carboxylic acids is 1. The minimum absolute atomic E-state index is 0.150. The molecule has 0 bridgehead atoms. The minimum atomic E-state index is -1.51. The zero-order valence-corrected chi connectivity index (χ0v) is 28.5. The molecule has 1 aromatic rings. The molecule has 4 amide bonds. The number of nitrogens with two attached hydrogens (primary N) is 2. The Hall–Kier alpha value is -3.67. The van der Waals surface area contributed by atoms with E-state index in [0.717, 1.165) is 0 Å². The summed E-state index contributed by atoms with van der Waals surface area (Å²) in [7, 11) is 0. The Labute approximate surface area is 281 Å². The summed E-state index contributed by atoms with van der Waals surface area (Å²) in [4.78, 5) is 72.3. The van der Waals surface area contributed by atoms with Crippen molar-refractivity contribution < 1.29 is 34.2 Å². The number of hydrogen-bond acceptors (Lipinski definition) is 10. The summed E-state index contributed by atoms with van der Waals surface area (Å²) < 4.78 is 0. The average Bonchev–Trinajstić information content (AvgIpc) is 3.53. The maximum atomic E-state index is 13.6. The molecule has 0 fully saturated rings. The van der Waals surface area contributed by atoms with Crippen LogP contribution in [0.5, 0.6) is 0 Å². The molecule has 0 saturated heterocycles. The molecule has 266 valence electrons. The number of nitrogens with zero attached hydrogens (tertiary/aromatic N) is 1. The molecule has 0 spiro atoms. The summed E-state index contributed by atoms with van der Waals surface area (Å²) in [6.45, 7) is 7.37. The van der Waals surface area contributed by atoms with E-state index in [2.05, 4.69) is 36.6 Å². The van der Waals surface area contributed by atoms with Crippen LogP contribution in [0.2, 0.25) is 0 Å². The van der Waals surface area contributed by atoms with Crippen molar-refractivity contribution in [2.75, 3.05) is 13.1 Å². The predicted octanol–water partition coefficient (Wildman–Crippen LogP) is -1.03. The molecule has 1 rings (SSSR count). The van der Waals surface area contributed by atoms with Crippen molar-refractivity contribution in [3.05, 3.63) is 18.2 Å². The highest BCUT2D eigenvalue weighted by atomic mass is 32.1. The topological polar surface area (TPSA) is 267 Å². The van der Waals surface area contributed by atoms with Crippen LogP contribution < -0.4 is 38.1 Å². The molecule has 0 aromatic carbocycles. The van der Waals surface area contributed by atoms with E-state index in [0.29, 0.717) is 55.9 Å². The van der Waals surface area contributed by atoms with Crippen LogP contribution in [-0.2, 0) is 30.4 Å². The molecule has 0 aliphatic carbocycles. The number of thiocarbonyl (C=S) groups is 1. The number of aromatic amines is 1. The highest BCUT2D eigenvalue weighted by Crippen LogP contribution is 2.10. The number of aromatic nitrogens is 2. The van der Waals surface area contributed by atoms with E-state index in [9.17, 15) is 34.2 Å². The maximum absolute atomic E-state index is 13.6. The van der Waals surface area contributed by atoms with Gasteiger partial charge in [-0.2, -0.15) is 0 Å². The van der Waals surface area contributed by atoms with Crippen LogP contribution in [-0.4, -0.2) is 104 Å². The maximum Gasteiger partial charge on any atom is 0.326 e. The number of unbranched alkanes of at least 4 members (excludes halogenated alkanes) is 2. The average molecular weight is 684 g/mol. The SMILES string of the molecule is CC[C@H](C)[C@H](NC(=O)[C@@H](NC(=O)[C@H](CCCCNC(C)=S)NC(=O)[C@H](CCCCN)NC(=O)[C@@H](N)Cc1cnc[nH]1)[C@@H](C)O)C(=O)O. The Bertz CT molecular complexity index is 1150. The van der Waals surface area contributed by atoms with Crippen molar-refractivity contribution in [2.24, 2.45) is 17.4 Å². The molecule has 0 radical (unpaired) electrons. The fraction of sp³-hybridized carbons (Fsp3) is 0.700. The van der Waals surface area contributed by atoms with Gasteiger partial charge >= 0.3 is 5.97 Å². The molecule has 0 saturated carbocycles. The van der Waals surface area contributed by atoms with Crippen molar-refractivity contribution >= 4 is 46.8 Å². The molecule has 47 heavy (non-hydrogen) atoms. The van der Waals surface area contributed by atoms with E-state index in [4.69, 9.17) is 23.7 Å². The monoisotopic (exact) mass is 683 g/mol. The molecular formula is C30H53N9O7S. The van der Waals surface area contributed by atoms with Crippen LogP contribution in [0, 0.1) is 5.92 Å². The van der Waals surface area contributed by atoms with Gasteiger partial charge < -0.3 is 53.2 Å². The van der Waals surface area contributed by atoms with Gasteiger partial charge in [0.1, 0.15) is 24.2 Å². The van der Waals surface area contributed by atoms with Crippen molar-refractivity contribution in [1.82, 2.24) is 36.6 Å². The third-order valence-electron chi connectivity index (χ3n) is 7.68. The third kappa shape index (κ3) is 15.6. The van der Waals surface area contributed by atoms with Gasteiger partial charge in [0.2, 0.25) is 23.6 Å². The fourth-order valence-electron chi connectivity index (χ4n) is 4.63. The summed E-state index contributed by atoms with van der Waals surface area (Å²) in [6.07, 6.45) is 4.77. The van der Waals surface area contributed by atoms with E-state index < -0.39 is 71.8 Å². The highest BCUT2D eigenvalue weighted by molar-refractivity contribution is 7.80. The number of carbonyl (C=O) groups excluding carboxylic acids is 4. The van der Waals surface area contributed by atoms with Gasteiger partial charge in [0.05, 0.1) is 23.5 Å². The zero-order chi connectivity index (χ0) is 35.5. The largest absolute Gasteiger partial charge is 0.480 e. The number of nitrogens with one attached hydrogen (secondary N) is 6. The lowest BCUT2D eigenvalue weighted by molar-refractivity contribution is -0.144. The molecule has 0 unspecified atom stereocenters. The first-order valence-electron chi connectivity index (χ1n) is 16.0. The molecule has 12 N–H and O–H groups in total. The van der Waals surface area contributed by atoms with Gasteiger partial charge in [-0.15, -0.1) is 0 Å². The first-order chi connectivity index (χ1) is 22.2. The van der Waals surface area contributed by atoms with E-state index >= 15 is 0 Å². The molecule has 0 aliphatic heterocycles. The van der Waals surface area contributed by atoms with Crippen molar-refractivity contribution in [3.8, 4) is 0 Å². The predicted molar refractivity (Wildman–Crippen MR) is 180 cm³/mol. The number of hydrogen-bond donors (Lipinski definition) is 10. The van der Waals surface area contributed by atoms with E-state index in [1.807, 2.05) is 0 Å². The van der Waals surface area contributed by atoms with Crippen molar-refractivity contribution in [1.29, 1.82) is 0 Å². The lowest BCUT2D eigenvalue weighted by Gasteiger charge is -2.28. The second kappa shape index (κ2) is 22.0. The molecular weight excluding hydrogens is 630 g/mol. The third-order valence-corrected chi connectivity index (χ3v) is 7.82. The molecule has 1 heterocycles. The number of aliphatic carboxylic acids is 1. The normalized spacial score (nSPS) is 15.6. The molecule has 0 aliphatic rings. The number of imidazole rings is 1. The number of amides is 4. The van der Waals surface area contributed by atoms with Crippen LogP contribution in [0.3, 0.4) is 0 Å². The van der Waals surface area contributed by atoms with Crippen LogP contribution in [0.25, 0.3) is 0 Å². The van der Waals surface area contributed by atoms with E-state index in [-0.39, 0.29) is 19.3 Å². The van der Waals surface area contributed by atoms with Crippen molar-refractivity contribution in [3.63, 3.8) is 0 Å². The molecule has 1 aromatic heterocycles. The molecule has 16 nitrogen and oxygen atoms in total. The van der Waals surface area contributed by atoms with Crippen LogP contribution in [0.4, 0.5) is 0 Å². The summed E-state index contributed by atoms with van der Waals surface area (Å²) >= 11 is 5.03. The summed E-state index contributed by atoms with van der Waals surface area (Å²) in [5, 5.41) is 33.3. The lowest BCUT2D eigenvalue weighted by atomic mass is 9.98. The summed E-state index contributed by atoms with van der Waals surface area (Å²) in [5.41, 5.74) is 12.4. The fourth-order valence-corrected chi connectivity index (χ4v) is 4.73. The second-order valence-electron chi connectivity index (χ2n) is 11.7. The number of H-pyrrole nitrogens is 1. The summed E-state index contributed by atoms with van der Waals surface area (Å²) in [6, 6.07) is -5.93. The van der Waals surface area contributed by atoms with Gasteiger partial charge in [0, 0.05) is 24.9 Å². The smallest absolute Gasteiger partial charge is 0.326 e. The van der Waals surface area contributed by atoms with Crippen LogP contribution in [0.1, 0.15) is 78.3 Å². The zero-order valence-electron chi connectivity index (χ0n) is 27.7. The number of carboxylic acid groups (broad SMARTS) is 1. The van der Waals surface area contributed by atoms with Crippen LogP contribution >= 0.6 is 12.2 Å². The minimum Gasteiger partial charge on any atom is -0.480 e. The number of rotatable bonds is 23. The van der Waals surface area contributed by atoms with Crippen molar-refractivity contribution in [2.45, 2.75) is 115 Å². The summed E-state index contributed by atoms with van der Waals surface area (Å²) in [5.74, 6) is -4.53. The van der Waals surface area contributed by atoms with Gasteiger partial charge in [-0.05, 0) is 64.8 Å². The van der Waals surface area contributed by atoms with Gasteiger partial charge in [-0.1, -0.05) is 32.5 Å². The lowest BCUT2D eigenvalue weighted by Crippen LogP contribution is -2.61. The number of aliphatic hydroxyl groups is 1. The number of aliphatic hydroxyl groups excluding tert-OH is 1. The van der Waals surface area contributed by atoms with Gasteiger partial charge in [0.25, 0.3) is 0 Å². The Morgan fingerprint density at radius 2 is 1.49 bits per heavy atom. The first-order valence-corrected chi connectivity index (χ1v) is 16.4.